The van der Waals surface area contributed by atoms with Crippen molar-refractivity contribution in [3.8, 4) is 0 Å². The molecule has 0 amide bonds. The summed E-state index contributed by atoms with van der Waals surface area (Å²) in [5, 5.41) is 4.23. The zero-order valence-electron chi connectivity index (χ0n) is 15.2. The Balaban J connectivity index is 1.88. The van der Waals surface area contributed by atoms with Crippen LogP contribution in [0.5, 0.6) is 0 Å². The van der Waals surface area contributed by atoms with Crippen molar-refractivity contribution in [1.29, 1.82) is 0 Å². The molecule has 8 nitrogen and oxygen atoms in total. The maximum atomic E-state index is 13.1. The average molecular weight is 365 g/mol. The third kappa shape index (κ3) is 1.84. The summed E-state index contributed by atoms with van der Waals surface area (Å²) in [5.74, 6) is 0.600. The molecular weight excluding hydrogens is 346 g/mol. The maximum absolute atomic E-state index is 13.1. The van der Waals surface area contributed by atoms with E-state index >= 15 is 0 Å². The van der Waals surface area contributed by atoms with Crippen molar-refractivity contribution in [2.24, 2.45) is 12.2 Å². The van der Waals surface area contributed by atoms with E-state index in [4.69, 9.17) is 4.84 Å². The first-order chi connectivity index (χ1) is 12.9. The first-order valence-corrected chi connectivity index (χ1v) is 8.81. The molecule has 138 valence electrons. The highest BCUT2D eigenvalue weighted by Gasteiger charge is 2.55. The molecule has 0 radical (unpaired) electrons. The van der Waals surface area contributed by atoms with Gasteiger partial charge >= 0.3 is 11.4 Å². The number of hydrogen-bond acceptors (Lipinski definition) is 5. The number of amidine groups is 1. The Bertz CT molecular complexity index is 1150. The number of benzene rings is 1. The lowest BCUT2D eigenvalue weighted by Gasteiger charge is -2.48. The Labute approximate surface area is 154 Å². The van der Waals surface area contributed by atoms with Gasteiger partial charge in [-0.05, 0) is 38.1 Å². The van der Waals surface area contributed by atoms with E-state index in [1.54, 1.807) is 0 Å². The van der Waals surface area contributed by atoms with Crippen LogP contribution in [0, 0.1) is 6.92 Å². The lowest BCUT2D eigenvalue weighted by molar-refractivity contribution is -0.00154. The molecule has 0 fully saturated rings. The zero-order valence-corrected chi connectivity index (χ0v) is 15.2. The molecule has 1 aromatic heterocycles. The van der Waals surface area contributed by atoms with Gasteiger partial charge in [-0.1, -0.05) is 35.0 Å². The largest absolute Gasteiger partial charge is 0.382 e. The molecular formula is C19H19N5O3. The van der Waals surface area contributed by atoms with Gasteiger partial charge in [0.1, 0.15) is 5.84 Å². The number of aromatic nitrogens is 3. The van der Waals surface area contributed by atoms with Gasteiger partial charge in [0.05, 0.1) is 6.04 Å². The van der Waals surface area contributed by atoms with Gasteiger partial charge in [-0.25, -0.2) is 18.8 Å². The van der Waals surface area contributed by atoms with Gasteiger partial charge in [-0.2, -0.15) is 4.68 Å². The molecule has 0 unspecified atom stereocenters. The molecule has 4 aliphatic rings. The minimum Gasteiger partial charge on any atom is -0.382 e. The van der Waals surface area contributed by atoms with Crippen molar-refractivity contribution in [1.82, 2.24) is 13.9 Å². The van der Waals surface area contributed by atoms with Crippen LogP contribution >= 0.6 is 0 Å². The van der Waals surface area contributed by atoms with E-state index in [1.807, 2.05) is 67.3 Å². The number of aryl methyl sites for hydroxylation is 1. The van der Waals surface area contributed by atoms with E-state index in [-0.39, 0.29) is 11.7 Å². The van der Waals surface area contributed by atoms with E-state index in [2.05, 4.69) is 5.16 Å². The van der Waals surface area contributed by atoms with E-state index in [9.17, 15) is 9.59 Å². The Hall–Kier alpha value is -3.29. The molecule has 1 spiro atoms. The first-order valence-electron chi connectivity index (χ1n) is 8.81. The summed E-state index contributed by atoms with van der Waals surface area (Å²) in [5.41, 5.74) is 0.191. The average Bonchev–Trinajstić information content (AvgIpc) is 2.83. The number of nitrogens with zero attached hydrogens (tertiary/aromatic N) is 5. The van der Waals surface area contributed by atoms with Gasteiger partial charge in [0.15, 0.2) is 6.10 Å². The normalized spacial score (nSPS) is 27.7. The quantitative estimate of drug-likeness (QED) is 0.713. The molecule has 1 aliphatic carbocycles. The van der Waals surface area contributed by atoms with Gasteiger partial charge in [0.2, 0.25) is 5.66 Å². The van der Waals surface area contributed by atoms with Gasteiger partial charge in [-0.15, -0.1) is 0 Å². The third-order valence-corrected chi connectivity index (χ3v) is 5.50. The summed E-state index contributed by atoms with van der Waals surface area (Å²) in [6, 6.07) is 7.64. The molecule has 2 bridgehead atoms. The van der Waals surface area contributed by atoms with E-state index in [0.29, 0.717) is 5.84 Å². The zero-order chi connectivity index (χ0) is 18.9. The summed E-state index contributed by atoms with van der Waals surface area (Å²) in [6.07, 6.45) is 7.07. The Morgan fingerprint density at radius 1 is 1.04 bits per heavy atom. The van der Waals surface area contributed by atoms with Crippen molar-refractivity contribution in [3.63, 3.8) is 0 Å². The number of hydrogen-bond donors (Lipinski definition) is 0. The molecule has 2 aromatic rings. The topological polar surface area (TPSA) is 73.8 Å². The van der Waals surface area contributed by atoms with Crippen LogP contribution in [0.2, 0.25) is 0 Å². The predicted molar refractivity (Wildman–Crippen MR) is 101 cm³/mol. The SMILES string of the molecule is CC1=NO[C@@H]2C=C[C@H]3C=C[C@]2(N1c1ccc(C)cc1)n1c(=O)n(C)c(=O)n13. The molecule has 1 aromatic carbocycles. The maximum Gasteiger partial charge on any atom is 0.349 e. The van der Waals surface area contributed by atoms with Gasteiger partial charge < -0.3 is 4.84 Å². The Morgan fingerprint density at radius 2 is 1.78 bits per heavy atom. The molecule has 27 heavy (non-hydrogen) atoms. The summed E-state index contributed by atoms with van der Waals surface area (Å²) in [7, 11) is 1.49. The van der Waals surface area contributed by atoms with Crippen molar-refractivity contribution >= 4 is 11.5 Å². The van der Waals surface area contributed by atoms with E-state index in [1.165, 1.54) is 16.4 Å². The standard InChI is InChI=1S/C19H19N5O3/c1-12-4-6-14(7-5-12)22-13(2)20-27-16-9-8-15-10-11-19(16,22)24-18(26)21(3)17(25)23(15)24/h4-11,15-16H,1-3H3/t15-,16+,19-/m0/s1. The van der Waals surface area contributed by atoms with Crippen molar-refractivity contribution in [3.05, 3.63) is 75.1 Å². The fraction of sp³-hybridized carbons (Fsp3) is 0.316. The van der Waals surface area contributed by atoms with Crippen LogP contribution in [0.25, 0.3) is 0 Å². The van der Waals surface area contributed by atoms with E-state index in [0.717, 1.165) is 15.8 Å². The van der Waals surface area contributed by atoms with Crippen LogP contribution < -0.4 is 16.3 Å². The fourth-order valence-electron chi connectivity index (χ4n) is 4.18. The third-order valence-electron chi connectivity index (χ3n) is 5.50. The van der Waals surface area contributed by atoms with Crippen LogP contribution in [-0.2, 0) is 17.5 Å². The van der Waals surface area contributed by atoms with Gasteiger partial charge in [0.25, 0.3) is 0 Å². The monoisotopic (exact) mass is 365 g/mol. The molecule has 0 saturated heterocycles. The van der Waals surface area contributed by atoms with Crippen LogP contribution in [0.4, 0.5) is 5.69 Å². The number of oxime groups is 1. The van der Waals surface area contributed by atoms with E-state index < -0.39 is 17.5 Å². The highest BCUT2D eigenvalue weighted by molar-refractivity contribution is 5.97. The molecule has 6 rings (SSSR count). The molecule has 0 N–H and O–H groups in total. The van der Waals surface area contributed by atoms with Crippen molar-refractivity contribution < 1.29 is 4.84 Å². The van der Waals surface area contributed by atoms with Gasteiger partial charge in [-0.3, -0.25) is 4.90 Å². The second-order valence-electron chi connectivity index (χ2n) is 7.13. The number of rotatable bonds is 1. The predicted octanol–water partition coefficient (Wildman–Crippen LogP) is 1.23. The lowest BCUT2D eigenvalue weighted by atomic mass is 9.97. The highest BCUT2D eigenvalue weighted by Crippen LogP contribution is 2.42. The summed E-state index contributed by atoms with van der Waals surface area (Å²) >= 11 is 0. The van der Waals surface area contributed by atoms with Crippen molar-refractivity contribution in [2.75, 3.05) is 4.90 Å². The molecule has 8 heteroatoms. The highest BCUT2D eigenvalue weighted by atomic mass is 16.6. The summed E-state index contributed by atoms with van der Waals surface area (Å²) in [4.78, 5) is 33.6. The summed E-state index contributed by atoms with van der Waals surface area (Å²) < 4.78 is 4.12. The minimum atomic E-state index is -1.05. The smallest absolute Gasteiger partial charge is 0.349 e. The second-order valence-corrected chi connectivity index (χ2v) is 7.13. The first kappa shape index (κ1) is 15.9. The second kappa shape index (κ2) is 5.12. The van der Waals surface area contributed by atoms with Crippen LogP contribution in [0.1, 0.15) is 18.5 Å². The van der Waals surface area contributed by atoms with Crippen LogP contribution in [0.15, 0.2) is 63.3 Å². The minimum absolute atomic E-state index is 0.341. The fourth-order valence-corrected chi connectivity index (χ4v) is 4.18. The van der Waals surface area contributed by atoms with Crippen molar-refractivity contribution in [2.45, 2.75) is 31.7 Å². The van der Waals surface area contributed by atoms with Gasteiger partial charge in [0, 0.05) is 12.7 Å². The molecule has 4 heterocycles. The molecule has 3 aliphatic heterocycles. The number of allylic oxidation sites excluding steroid dienone is 2. The summed E-state index contributed by atoms with van der Waals surface area (Å²) in [6.45, 7) is 3.85. The Morgan fingerprint density at radius 3 is 2.52 bits per heavy atom. The number of anilines is 1. The molecule has 3 atom stereocenters. The van der Waals surface area contributed by atoms with Crippen LogP contribution in [0.3, 0.4) is 0 Å². The molecule has 0 saturated carbocycles. The Kier molecular flexibility index (Phi) is 3.02. The lowest BCUT2D eigenvalue weighted by Crippen LogP contribution is -2.65. The van der Waals surface area contributed by atoms with Crippen LogP contribution in [-0.4, -0.2) is 25.9 Å².